The van der Waals surface area contributed by atoms with Gasteiger partial charge in [-0.3, -0.25) is 4.79 Å². The molecule has 0 aromatic carbocycles. The second-order valence-corrected chi connectivity index (χ2v) is 4.77. The molecule has 0 saturated carbocycles. The molecule has 0 aliphatic carbocycles. The van der Waals surface area contributed by atoms with Crippen LogP contribution in [0.15, 0.2) is 0 Å². The highest BCUT2D eigenvalue weighted by Crippen LogP contribution is 2.21. The maximum atomic E-state index is 11.2. The van der Waals surface area contributed by atoms with Crippen LogP contribution in [0.1, 0.15) is 34.1 Å². The molecule has 0 aliphatic rings. The molecule has 0 saturated heterocycles. The molecule has 1 atom stereocenters. The third kappa shape index (κ3) is 6.47. The molecule has 3 N–H and O–H groups in total. The van der Waals surface area contributed by atoms with Crippen LogP contribution in [-0.4, -0.2) is 36.8 Å². The second kappa shape index (κ2) is 6.80. The Kier molecular flexibility index (Phi) is 6.52. The number of likely N-dealkylation sites (N-methyl/N-ethyl adjacent to an activating group) is 1. The standard InChI is InChI=1S/C11H24N2O2/c1-5-12-10(15)8-13-9(6-7-14)11(2,3)4/h9,13-14H,5-8H2,1-4H3,(H,12,15). The summed E-state index contributed by atoms with van der Waals surface area (Å²) in [5.74, 6) is 0.00434. The van der Waals surface area contributed by atoms with Crippen molar-refractivity contribution >= 4 is 5.91 Å². The number of aliphatic hydroxyl groups is 1. The average Bonchev–Trinajstić information content (AvgIpc) is 2.10. The summed E-state index contributed by atoms with van der Waals surface area (Å²) in [5, 5.41) is 14.8. The van der Waals surface area contributed by atoms with Gasteiger partial charge in [0, 0.05) is 19.2 Å². The summed E-state index contributed by atoms with van der Waals surface area (Å²) in [6.07, 6.45) is 0.670. The number of carbonyl (C=O) groups excluding carboxylic acids is 1. The fourth-order valence-corrected chi connectivity index (χ4v) is 1.45. The number of rotatable bonds is 6. The monoisotopic (exact) mass is 216 g/mol. The van der Waals surface area contributed by atoms with Crippen LogP contribution >= 0.6 is 0 Å². The van der Waals surface area contributed by atoms with E-state index in [2.05, 4.69) is 31.4 Å². The Hall–Kier alpha value is -0.610. The van der Waals surface area contributed by atoms with Crippen LogP contribution in [0.5, 0.6) is 0 Å². The number of nitrogens with one attached hydrogen (secondary N) is 2. The average molecular weight is 216 g/mol. The summed E-state index contributed by atoms with van der Waals surface area (Å²) >= 11 is 0. The Morgan fingerprint density at radius 1 is 1.40 bits per heavy atom. The lowest BCUT2D eigenvalue weighted by Gasteiger charge is -2.31. The molecular weight excluding hydrogens is 192 g/mol. The quantitative estimate of drug-likeness (QED) is 0.606. The van der Waals surface area contributed by atoms with Gasteiger partial charge in [-0.25, -0.2) is 0 Å². The molecule has 0 heterocycles. The lowest BCUT2D eigenvalue weighted by molar-refractivity contribution is -0.120. The van der Waals surface area contributed by atoms with E-state index in [9.17, 15) is 4.79 Å². The second-order valence-electron chi connectivity index (χ2n) is 4.77. The summed E-state index contributed by atoms with van der Waals surface area (Å²) in [6.45, 7) is 9.29. The molecule has 0 aromatic heterocycles. The summed E-state index contributed by atoms with van der Waals surface area (Å²) in [4.78, 5) is 11.2. The Bertz CT molecular complexity index is 188. The van der Waals surface area contributed by atoms with Crippen LogP contribution < -0.4 is 10.6 Å². The minimum Gasteiger partial charge on any atom is -0.396 e. The zero-order chi connectivity index (χ0) is 11.9. The van der Waals surface area contributed by atoms with Crippen molar-refractivity contribution in [2.24, 2.45) is 5.41 Å². The summed E-state index contributed by atoms with van der Waals surface area (Å²) < 4.78 is 0. The van der Waals surface area contributed by atoms with E-state index >= 15 is 0 Å². The molecule has 1 amide bonds. The summed E-state index contributed by atoms with van der Waals surface area (Å²) in [5.41, 5.74) is 0.0508. The van der Waals surface area contributed by atoms with Gasteiger partial charge in [0.15, 0.2) is 0 Å². The van der Waals surface area contributed by atoms with E-state index in [1.807, 2.05) is 6.92 Å². The first-order valence-electron chi connectivity index (χ1n) is 5.52. The van der Waals surface area contributed by atoms with Gasteiger partial charge in [-0.15, -0.1) is 0 Å². The van der Waals surface area contributed by atoms with Crippen molar-refractivity contribution in [1.29, 1.82) is 0 Å². The molecule has 15 heavy (non-hydrogen) atoms. The molecule has 0 fully saturated rings. The molecule has 0 bridgehead atoms. The smallest absolute Gasteiger partial charge is 0.233 e. The van der Waals surface area contributed by atoms with Crippen molar-refractivity contribution in [3.05, 3.63) is 0 Å². The minimum absolute atomic E-state index is 0.00434. The van der Waals surface area contributed by atoms with Crippen molar-refractivity contribution in [2.45, 2.75) is 40.2 Å². The Balaban J connectivity index is 4.02. The molecule has 0 spiro atoms. The van der Waals surface area contributed by atoms with E-state index in [4.69, 9.17) is 5.11 Å². The molecule has 0 aliphatic heterocycles. The van der Waals surface area contributed by atoms with Gasteiger partial charge in [0.1, 0.15) is 0 Å². The lowest BCUT2D eigenvalue weighted by Crippen LogP contribution is -2.45. The first-order valence-corrected chi connectivity index (χ1v) is 5.52. The predicted molar refractivity (Wildman–Crippen MR) is 61.6 cm³/mol. The number of hydrogen-bond acceptors (Lipinski definition) is 3. The van der Waals surface area contributed by atoms with Gasteiger partial charge >= 0.3 is 0 Å². The number of hydrogen-bond donors (Lipinski definition) is 3. The van der Waals surface area contributed by atoms with Crippen molar-refractivity contribution in [2.75, 3.05) is 19.7 Å². The summed E-state index contributed by atoms with van der Waals surface area (Å²) in [7, 11) is 0. The number of aliphatic hydroxyl groups excluding tert-OH is 1. The topological polar surface area (TPSA) is 61.4 Å². The van der Waals surface area contributed by atoms with Crippen LogP contribution in [-0.2, 0) is 4.79 Å². The van der Waals surface area contributed by atoms with Gasteiger partial charge in [-0.1, -0.05) is 20.8 Å². The van der Waals surface area contributed by atoms with Gasteiger partial charge in [-0.05, 0) is 18.8 Å². The molecule has 4 heteroatoms. The van der Waals surface area contributed by atoms with Crippen LogP contribution in [0.2, 0.25) is 0 Å². The molecule has 90 valence electrons. The van der Waals surface area contributed by atoms with Crippen molar-refractivity contribution < 1.29 is 9.90 Å². The fourth-order valence-electron chi connectivity index (χ4n) is 1.45. The van der Waals surface area contributed by atoms with E-state index in [1.165, 1.54) is 0 Å². The van der Waals surface area contributed by atoms with Crippen LogP contribution in [0.4, 0.5) is 0 Å². The van der Waals surface area contributed by atoms with E-state index in [0.29, 0.717) is 19.5 Å². The molecular formula is C11H24N2O2. The number of carbonyl (C=O) groups is 1. The van der Waals surface area contributed by atoms with Gasteiger partial charge in [0.05, 0.1) is 6.54 Å². The molecule has 1 unspecified atom stereocenters. The van der Waals surface area contributed by atoms with E-state index in [1.54, 1.807) is 0 Å². The minimum atomic E-state index is 0.00434. The highest BCUT2D eigenvalue weighted by Gasteiger charge is 2.23. The third-order valence-electron chi connectivity index (χ3n) is 2.35. The largest absolute Gasteiger partial charge is 0.396 e. The third-order valence-corrected chi connectivity index (χ3v) is 2.35. The van der Waals surface area contributed by atoms with Gasteiger partial charge < -0.3 is 15.7 Å². The lowest BCUT2D eigenvalue weighted by atomic mass is 9.85. The highest BCUT2D eigenvalue weighted by molar-refractivity contribution is 5.77. The fraction of sp³-hybridized carbons (Fsp3) is 0.909. The van der Waals surface area contributed by atoms with Crippen molar-refractivity contribution in [1.82, 2.24) is 10.6 Å². The maximum Gasteiger partial charge on any atom is 0.233 e. The molecule has 0 radical (unpaired) electrons. The summed E-state index contributed by atoms with van der Waals surface area (Å²) in [6, 6.07) is 0.158. The first-order chi connectivity index (χ1) is 6.91. The first kappa shape index (κ1) is 14.4. The number of amides is 1. The van der Waals surface area contributed by atoms with Crippen LogP contribution in [0.3, 0.4) is 0 Å². The van der Waals surface area contributed by atoms with Crippen LogP contribution in [0.25, 0.3) is 0 Å². The van der Waals surface area contributed by atoms with E-state index in [-0.39, 0.29) is 24.0 Å². The van der Waals surface area contributed by atoms with E-state index < -0.39 is 0 Å². The van der Waals surface area contributed by atoms with Gasteiger partial charge in [0.25, 0.3) is 0 Å². The normalized spacial score (nSPS) is 13.7. The van der Waals surface area contributed by atoms with E-state index in [0.717, 1.165) is 0 Å². The Morgan fingerprint density at radius 3 is 2.40 bits per heavy atom. The van der Waals surface area contributed by atoms with Crippen molar-refractivity contribution in [3.8, 4) is 0 Å². The molecule has 0 rings (SSSR count). The zero-order valence-corrected chi connectivity index (χ0v) is 10.3. The maximum absolute atomic E-state index is 11.2. The Labute approximate surface area is 92.4 Å². The zero-order valence-electron chi connectivity index (χ0n) is 10.3. The molecule has 0 aromatic rings. The SMILES string of the molecule is CCNC(=O)CNC(CCO)C(C)(C)C. The van der Waals surface area contributed by atoms with Crippen molar-refractivity contribution in [3.63, 3.8) is 0 Å². The predicted octanol–water partition coefficient (Wildman–Crippen LogP) is 0.509. The Morgan fingerprint density at radius 2 is 2.00 bits per heavy atom. The highest BCUT2D eigenvalue weighted by atomic mass is 16.3. The van der Waals surface area contributed by atoms with Crippen LogP contribution in [0, 0.1) is 5.41 Å². The van der Waals surface area contributed by atoms with Gasteiger partial charge in [-0.2, -0.15) is 0 Å². The van der Waals surface area contributed by atoms with Gasteiger partial charge in [0.2, 0.25) is 5.91 Å². The molecule has 4 nitrogen and oxygen atoms in total.